The van der Waals surface area contributed by atoms with Crippen molar-refractivity contribution >= 4 is 5.78 Å². The molecule has 0 heterocycles. The lowest BCUT2D eigenvalue weighted by atomic mass is 10.1. The molecule has 2 aromatic rings. The normalized spacial score (nSPS) is 11.3. The van der Waals surface area contributed by atoms with Gasteiger partial charge in [-0.25, -0.2) is 0 Å². The summed E-state index contributed by atoms with van der Waals surface area (Å²) < 4.78 is 10.7. The molecule has 0 aliphatic heterocycles. The van der Waals surface area contributed by atoms with Gasteiger partial charge in [0.25, 0.3) is 0 Å². The van der Waals surface area contributed by atoms with Crippen LogP contribution >= 0.6 is 0 Å². The van der Waals surface area contributed by atoms with Gasteiger partial charge in [-0.3, -0.25) is 4.79 Å². The van der Waals surface area contributed by atoms with E-state index in [-0.39, 0.29) is 5.78 Å². The van der Waals surface area contributed by atoms with Gasteiger partial charge < -0.3 is 9.47 Å². The first-order valence-electron chi connectivity index (χ1n) is 6.49. The molecular weight excluding hydrogens is 266 g/mol. The van der Waals surface area contributed by atoms with E-state index < -0.39 is 6.10 Å². The first-order valence-corrected chi connectivity index (χ1v) is 6.49. The molecule has 0 saturated heterocycles. The topological polar surface area (TPSA) is 59.3 Å². The van der Waals surface area contributed by atoms with E-state index in [1.807, 2.05) is 6.07 Å². The average molecular weight is 281 g/mol. The van der Waals surface area contributed by atoms with Crippen molar-refractivity contribution in [2.24, 2.45) is 0 Å². The molecule has 0 bridgehead atoms. The van der Waals surface area contributed by atoms with Crippen molar-refractivity contribution in [3.8, 4) is 17.6 Å². The van der Waals surface area contributed by atoms with Crippen molar-refractivity contribution in [3.63, 3.8) is 0 Å². The fourth-order valence-corrected chi connectivity index (χ4v) is 1.90. The Morgan fingerprint density at radius 3 is 2.43 bits per heavy atom. The van der Waals surface area contributed by atoms with Crippen LogP contribution in [0.15, 0.2) is 48.5 Å². The van der Waals surface area contributed by atoms with Crippen LogP contribution in [0, 0.1) is 11.3 Å². The summed E-state index contributed by atoms with van der Waals surface area (Å²) in [4.78, 5) is 12.3. The van der Waals surface area contributed by atoms with Crippen molar-refractivity contribution < 1.29 is 14.3 Å². The van der Waals surface area contributed by atoms with Crippen LogP contribution in [0.5, 0.6) is 11.5 Å². The van der Waals surface area contributed by atoms with Crippen LogP contribution < -0.4 is 9.47 Å². The molecule has 2 rings (SSSR count). The number of carbonyl (C=O) groups excluding carboxylic acids is 1. The van der Waals surface area contributed by atoms with Gasteiger partial charge in [-0.1, -0.05) is 12.1 Å². The molecule has 0 aromatic heterocycles. The molecule has 4 nitrogen and oxygen atoms in total. The van der Waals surface area contributed by atoms with E-state index in [0.717, 1.165) is 0 Å². The molecule has 0 spiro atoms. The fraction of sp³-hybridized carbons (Fsp3) is 0.176. The zero-order chi connectivity index (χ0) is 15.2. The van der Waals surface area contributed by atoms with Crippen LogP contribution in [0.2, 0.25) is 0 Å². The van der Waals surface area contributed by atoms with Crippen molar-refractivity contribution in [3.05, 3.63) is 59.7 Å². The Hall–Kier alpha value is -2.80. The lowest BCUT2D eigenvalue weighted by Crippen LogP contribution is -2.24. The highest BCUT2D eigenvalue weighted by Crippen LogP contribution is 2.20. The molecule has 0 fully saturated rings. The van der Waals surface area contributed by atoms with Gasteiger partial charge in [0.15, 0.2) is 6.10 Å². The van der Waals surface area contributed by atoms with Crippen LogP contribution in [-0.2, 0) is 0 Å². The summed E-state index contributed by atoms with van der Waals surface area (Å²) in [7, 11) is 1.57. The van der Waals surface area contributed by atoms with Gasteiger partial charge in [0, 0.05) is 5.56 Å². The second-order valence-corrected chi connectivity index (χ2v) is 4.46. The van der Waals surface area contributed by atoms with Gasteiger partial charge in [0.2, 0.25) is 5.78 Å². The molecule has 0 radical (unpaired) electrons. The van der Waals surface area contributed by atoms with Gasteiger partial charge in [0.1, 0.15) is 17.6 Å². The number of carbonyl (C=O) groups is 1. The quantitative estimate of drug-likeness (QED) is 0.789. The minimum atomic E-state index is -0.673. The number of Topliss-reactive ketones (excluding diaryl/α,β-unsaturated/α-hetero) is 1. The van der Waals surface area contributed by atoms with E-state index in [1.165, 1.54) is 0 Å². The highest BCUT2D eigenvalue weighted by Gasteiger charge is 2.18. The number of nitriles is 1. The SMILES string of the molecule is COc1ccc(C(=O)[C@@H](C)Oc2ccccc2C#N)cc1. The van der Waals surface area contributed by atoms with E-state index in [9.17, 15) is 4.79 Å². The number of ether oxygens (including phenoxy) is 2. The summed E-state index contributed by atoms with van der Waals surface area (Å²) in [6.07, 6.45) is -0.673. The second kappa shape index (κ2) is 6.58. The zero-order valence-corrected chi connectivity index (χ0v) is 11.9. The third-order valence-electron chi connectivity index (χ3n) is 3.06. The molecule has 0 aliphatic rings. The number of hydrogen-bond acceptors (Lipinski definition) is 4. The second-order valence-electron chi connectivity index (χ2n) is 4.46. The van der Waals surface area contributed by atoms with Crippen LogP contribution in [0.1, 0.15) is 22.8 Å². The molecule has 106 valence electrons. The van der Waals surface area contributed by atoms with Crippen LogP contribution in [0.3, 0.4) is 0 Å². The number of rotatable bonds is 5. The van der Waals surface area contributed by atoms with Crippen molar-refractivity contribution in [2.75, 3.05) is 7.11 Å². The largest absolute Gasteiger partial charge is 0.497 e. The Kier molecular flexibility index (Phi) is 4.57. The highest BCUT2D eigenvalue weighted by atomic mass is 16.5. The van der Waals surface area contributed by atoms with E-state index in [2.05, 4.69) is 0 Å². The summed E-state index contributed by atoms with van der Waals surface area (Å²) in [5.74, 6) is 0.953. The lowest BCUT2D eigenvalue weighted by molar-refractivity contribution is 0.0817. The van der Waals surface area contributed by atoms with Crippen molar-refractivity contribution in [1.29, 1.82) is 5.26 Å². The summed E-state index contributed by atoms with van der Waals surface area (Å²) in [6.45, 7) is 1.67. The number of benzene rings is 2. The number of nitrogens with zero attached hydrogens (tertiary/aromatic N) is 1. The maximum absolute atomic E-state index is 12.3. The Morgan fingerprint density at radius 1 is 1.14 bits per heavy atom. The number of ketones is 1. The third kappa shape index (κ3) is 3.40. The number of para-hydroxylation sites is 1. The summed E-state index contributed by atoms with van der Waals surface area (Å²) in [5, 5.41) is 9.02. The minimum Gasteiger partial charge on any atom is -0.497 e. The minimum absolute atomic E-state index is 0.148. The Bertz CT molecular complexity index is 671. The predicted molar refractivity (Wildman–Crippen MR) is 78.6 cm³/mol. The molecule has 1 atom stereocenters. The molecule has 0 amide bonds. The average Bonchev–Trinajstić information content (AvgIpc) is 2.54. The summed E-state index contributed by atoms with van der Waals surface area (Å²) in [5.41, 5.74) is 0.949. The van der Waals surface area contributed by atoms with E-state index in [0.29, 0.717) is 22.6 Å². The van der Waals surface area contributed by atoms with Gasteiger partial charge in [-0.15, -0.1) is 0 Å². The molecule has 0 aliphatic carbocycles. The molecule has 4 heteroatoms. The first-order chi connectivity index (χ1) is 10.2. The summed E-state index contributed by atoms with van der Waals surface area (Å²) >= 11 is 0. The van der Waals surface area contributed by atoms with E-state index in [4.69, 9.17) is 14.7 Å². The molecule has 0 N–H and O–H groups in total. The monoisotopic (exact) mass is 281 g/mol. The highest BCUT2D eigenvalue weighted by molar-refractivity contribution is 5.99. The maximum Gasteiger partial charge on any atom is 0.202 e. The van der Waals surface area contributed by atoms with Crippen LogP contribution in [-0.4, -0.2) is 19.0 Å². The third-order valence-corrected chi connectivity index (χ3v) is 3.06. The van der Waals surface area contributed by atoms with Gasteiger partial charge in [-0.2, -0.15) is 5.26 Å². The Balaban J connectivity index is 2.14. The molecule has 0 unspecified atom stereocenters. The molecule has 0 saturated carbocycles. The number of methoxy groups -OCH3 is 1. The van der Waals surface area contributed by atoms with Crippen LogP contribution in [0.25, 0.3) is 0 Å². The molecular formula is C17H15NO3. The van der Waals surface area contributed by atoms with Gasteiger partial charge in [0.05, 0.1) is 12.7 Å². The predicted octanol–water partition coefficient (Wildman–Crippen LogP) is 3.22. The maximum atomic E-state index is 12.3. The fourth-order valence-electron chi connectivity index (χ4n) is 1.90. The van der Waals surface area contributed by atoms with Gasteiger partial charge >= 0.3 is 0 Å². The molecule has 2 aromatic carbocycles. The number of hydrogen-bond donors (Lipinski definition) is 0. The Labute approximate surface area is 123 Å². The lowest BCUT2D eigenvalue weighted by Gasteiger charge is -2.14. The van der Waals surface area contributed by atoms with Crippen LogP contribution in [0.4, 0.5) is 0 Å². The van der Waals surface area contributed by atoms with E-state index >= 15 is 0 Å². The standard InChI is InChI=1S/C17H15NO3/c1-12(21-16-6-4-3-5-14(16)11-18)17(19)13-7-9-15(20-2)10-8-13/h3-10,12H,1-2H3/t12-/m1/s1. The van der Waals surface area contributed by atoms with Crippen molar-refractivity contribution in [2.45, 2.75) is 13.0 Å². The Morgan fingerprint density at radius 2 is 1.81 bits per heavy atom. The van der Waals surface area contributed by atoms with E-state index in [1.54, 1.807) is 62.6 Å². The van der Waals surface area contributed by atoms with Crippen molar-refractivity contribution in [1.82, 2.24) is 0 Å². The zero-order valence-electron chi connectivity index (χ0n) is 11.9. The summed E-state index contributed by atoms with van der Waals surface area (Å²) in [6, 6.07) is 15.7. The molecule has 21 heavy (non-hydrogen) atoms. The van der Waals surface area contributed by atoms with Gasteiger partial charge in [-0.05, 0) is 43.3 Å². The smallest absolute Gasteiger partial charge is 0.202 e. The first kappa shape index (κ1) is 14.6.